The molecular formula is C31H28N2O6. The molecule has 1 amide bonds. The Morgan fingerprint density at radius 1 is 0.821 bits per heavy atom. The Morgan fingerprint density at radius 2 is 1.56 bits per heavy atom. The van der Waals surface area contributed by atoms with E-state index in [1.54, 1.807) is 66.7 Å². The summed E-state index contributed by atoms with van der Waals surface area (Å²) in [5.41, 5.74) is 4.94. The number of para-hydroxylation sites is 1. The van der Waals surface area contributed by atoms with E-state index in [-0.39, 0.29) is 11.7 Å². The van der Waals surface area contributed by atoms with Crippen molar-refractivity contribution in [3.8, 4) is 23.0 Å². The lowest BCUT2D eigenvalue weighted by Crippen LogP contribution is -2.17. The summed E-state index contributed by atoms with van der Waals surface area (Å²) in [6.07, 6.45) is 1.48. The van der Waals surface area contributed by atoms with Crippen LogP contribution in [-0.2, 0) is 6.61 Å². The molecule has 4 aromatic carbocycles. The van der Waals surface area contributed by atoms with Crippen molar-refractivity contribution in [3.05, 3.63) is 119 Å². The van der Waals surface area contributed by atoms with Crippen molar-refractivity contribution in [2.75, 3.05) is 13.7 Å². The predicted octanol–water partition coefficient (Wildman–Crippen LogP) is 5.66. The van der Waals surface area contributed by atoms with E-state index in [1.165, 1.54) is 13.3 Å². The number of nitrogens with zero attached hydrogens (tertiary/aromatic N) is 1. The Labute approximate surface area is 226 Å². The van der Waals surface area contributed by atoms with Gasteiger partial charge in [0.05, 0.1) is 19.9 Å². The summed E-state index contributed by atoms with van der Waals surface area (Å²) in [6.45, 7) is 2.63. The van der Waals surface area contributed by atoms with Crippen LogP contribution in [0.2, 0.25) is 0 Å². The van der Waals surface area contributed by atoms with Gasteiger partial charge in [-0.05, 0) is 72.6 Å². The third-order valence-electron chi connectivity index (χ3n) is 5.54. The van der Waals surface area contributed by atoms with Crippen molar-refractivity contribution in [3.63, 3.8) is 0 Å². The molecule has 0 fully saturated rings. The van der Waals surface area contributed by atoms with Gasteiger partial charge in [0.1, 0.15) is 23.7 Å². The van der Waals surface area contributed by atoms with Crippen molar-refractivity contribution in [1.82, 2.24) is 5.43 Å². The zero-order valence-corrected chi connectivity index (χ0v) is 21.6. The number of methoxy groups -OCH3 is 1. The van der Waals surface area contributed by atoms with Crippen molar-refractivity contribution in [1.29, 1.82) is 0 Å². The van der Waals surface area contributed by atoms with E-state index >= 15 is 0 Å². The fourth-order valence-corrected chi connectivity index (χ4v) is 3.60. The molecule has 0 unspecified atom stereocenters. The topological polar surface area (TPSA) is 95.5 Å². The Kier molecular flexibility index (Phi) is 9.28. The molecule has 0 atom stereocenters. The maximum absolute atomic E-state index is 12.7. The van der Waals surface area contributed by atoms with Gasteiger partial charge < -0.3 is 18.9 Å². The number of hydrogen-bond donors (Lipinski definition) is 1. The molecule has 0 bridgehead atoms. The lowest BCUT2D eigenvalue weighted by atomic mass is 10.2. The van der Waals surface area contributed by atoms with Gasteiger partial charge in [-0.15, -0.1) is 0 Å². The third kappa shape index (κ3) is 7.45. The third-order valence-corrected chi connectivity index (χ3v) is 5.54. The second-order valence-electron chi connectivity index (χ2n) is 8.23. The zero-order chi connectivity index (χ0) is 27.5. The van der Waals surface area contributed by atoms with Gasteiger partial charge in [0.15, 0.2) is 11.5 Å². The average molecular weight is 525 g/mol. The number of amides is 1. The molecule has 0 saturated heterocycles. The minimum Gasteiger partial charge on any atom is -0.496 e. The fourth-order valence-electron chi connectivity index (χ4n) is 3.60. The van der Waals surface area contributed by atoms with Crippen LogP contribution in [0.4, 0.5) is 0 Å². The summed E-state index contributed by atoms with van der Waals surface area (Å²) in [5, 5.41) is 4.04. The fraction of sp³-hybridized carbons (Fsp3) is 0.129. The van der Waals surface area contributed by atoms with E-state index in [0.29, 0.717) is 47.2 Å². The number of carbonyl (C=O) groups is 2. The normalized spacial score (nSPS) is 10.6. The lowest BCUT2D eigenvalue weighted by Gasteiger charge is -2.12. The second kappa shape index (κ2) is 13.4. The first-order valence-corrected chi connectivity index (χ1v) is 12.3. The highest BCUT2D eigenvalue weighted by atomic mass is 16.6. The van der Waals surface area contributed by atoms with Crippen LogP contribution < -0.4 is 24.4 Å². The van der Waals surface area contributed by atoms with Gasteiger partial charge >= 0.3 is 5.97 Å². The summed E-state index contributed by atoms with van der Waals surface area (Å²) >= 11 is 0. The molecule has 39 heavy (non-hydrogen) atoms. The zero-order valence-electron chi connectivity index (χ0n) is 21.6. The number of carbonyl (C=O) groups excluding carboxylic acids is 2. The summed E-state index contributed by atoms with van der Waals surface area (Å²) in [4.78, 5) is 25.2. The summed E-state index contributed by atoms with van der Waals surface area (Å²) < 4.78 is 22.2. The molecular weight excluding hydrogens is 496 g/mol. The van der Waals surface area contributed by atoms with Gasteiger partial charge in [-0.3, -0.25) is 4.79 Å². The number of hydrazone groups is 1. The van der Waals surface area contributed by atoms with Gasteiger partial charge in [-0.2, -0.15) is 5.10 Å². The van der Waals surface area contributed by atoms with Crippen LogP contribution in [0.5, 0.6) is 23.0 Å². The molecule has 0 aliphatic carbocycles. The standard InChI is InChI=1S/C31H28N2O6/c1-3-37-29-19-23(13-18-28(29)39-31(35)26-11-7-8-12-27(26)36-2)20-32-33-30(34)24-14-16-25(17-15-24)38-21-22-9-5-4-6-10-22/h4-20H,3,21H2,1-2H3,(H,33,34)/b32-20+. The minimum atomic E-state index is -0.571. The lowest BCUT2D eigenvalue weighted by molar-refractivity contribution is 0.0724. The quantitative estimate of drug-likeness (QED) is 0.118. The Morgan fingerprint density at radius 3 is 2.31 bits per heavy atom. The number of ether oxygens (including phenoxy) is 4. The van der Waals surface area contributed by atoms with E-state index < -0.39 is 5.97 Å². The Bertz CT molecular complexity index is 1440. The maximum atomic E-state index is 12.7. The smallest absolute Gasteiger partial charge is 0.347 e. The first-order valence-electron chi connectivity index (χ1n) is 12.3. The molecule has 4 rings (SSSR count). The van der Waals surface area contributed by atoms with Crippen LogP contribution in [-0.4, -0.2) is 31.8 Å². The van der Waals surface area contributed by atoms with Crippen LogP contribution in [0.25, 0.3) is 0 Å². The molecule has 0 aliphatic rings. The van der Waals surface area contributed by atoms with Gasteiger partial charge in [-0.1, -0.05) is 42.5 Å². The molecule has 0 saturated carbocycles. The highest BCUT2D eigenvalue weighted by Gasteiger charge is 2.17. The maximum Gasteiger partial charge on any atom is 0.347 e. The molecule has 0 aliphatic heterocycles. The first kappa shape index (κ1) is 26.9. The van der Waals surface area contributed by atoms with Crippen molar-refractivity contribution >= 4 is 18.1 Å². The number of hydrogen-bond acceptors (Lipinski definition) is 7. The summed E-state index contributed by atoms with van der Waals surface area (Å²) in [7, 11) is 1.49. The largest absolute Gasteiger partial charge is 0.496 e. The van der Waals surface area contributed by atoms with Gasteiger partial charge in [0.25, 0.3) is 5.91 Å². The molecule has 0 radical (unpaired) electrons. The van der Waals surface area contributed by atoms with E-state index in [1.807, 2.05) is 37.3 Å². The average Bonchev–Trinajstić information content (AvgIpc) is 2.98. The molecule has 198 valence electrons. The second-order valence-corrected chi connectivity index (χ2v) is 8.23. The predicted molar refractivity (Wildman–Crippen MR) is 148 cm³/mol. The first-order chi connectivity index (χ1) is 19.1. The molecule has 0 aromatic heterocycles. The van der Waals surface area contributed by atoms with Gasteiger partial charge in [0.2, 0.25) is 0 Å². The van der Waals surface area contributed by atoms with Crippen LogP contribution >= 0.6 is 0 Å². The summed E-state index contributed by atoms with van der Waals surface area (Å²) in [6, 6.07) is 28.4. The Hall–Kier alpha value is -5.11. The van der Waals surface area contributed by atoms with Gasteiger partial charge in [0, 0.05) is 5.56 Å². The molecule has 4 aromatic rings. The van der Waals surface area contributed by atoms with Crippen molar-refractivity contribution in [2.45, 2.75) is 13.5 Å². The number of esters is 1. The van der Waals surface area contributed by atoms with E-state index in [0.717, 1.165) is 5.56 Å². The molecule has 1 N–H and O–H groups in total. The van der Waals surface area contributed by atoms with E-state index in [2.05, 4.69) is 10.5 Å². The van der Waals surface area contributed by atoms with Crippen LogP contribution in [0.15, 0.2) is 102 Å². The van der Waals surface area contributed by atoms with Gasteiger partial charge in [-0.25, -0.2) is 10.2 Å². The van der Waals surface area contributed by atoms with Crippen LogP contribution in [0, 0.1) is 0 Å². The van der Waals surface area contributed by atoms with Crippen LogP contribution in [0.1, 0.15) is 38.8 Å². The Balaban J connectivity index is 1.36. The molecule has 8 nitrogen and oxygen atoms in total. The van der Waals surface area contributed by atoms with Crippen molar-refractivity contribution < 1.29 is 28.5 Å². The highest BCUT2D eigenvalue weighted by Crippen LogP contribution is 2.30. The number of benzene rings is 4. The van der Waals surface area contributed by atoms with E-state index in [4.69, 9.17) is 18.9 Å². The van der Waals surface area contributed by atoms with Crippen LogP contribution in [0.3, 0.4) is 0 Å². The highest BCUT2D eigenvalue weighted by molar-refractivity contribution is 5.95. The van der Waals surface area contributed by atoms with E-state index in [9.17, 15) is 9.59 Å². The SMILES string of the molecule is CCOc1cc(/C=N/NC(=O)c2ccc(OCc3ccccc3)cc2)ccc1OC(=O)c1ccccc1OC. The molecule has 8 heteroatoms. The summed E-state index contributed by atoms with van der Waals surface area (Å²) in [5.74, 6) is 0.751. The monoisotopic (exact) mass is 524 g/mol. The van der Waals surface area contributed by atoms with Crippen molar-refractivity contribution in [2.24, 2.45) is 5.10 Å². The molecule has 0 spiro atoms. The molecule has 0 heterocycles. The minimum absolute atomic E-state index is 0.253. The number of nitrogens with one attached hydrogen (secondary N) is 1. The number of rotatable bonds is 11.